The minimum atomic E-state index is -0.925. The molecule has 5 nitrogen and oxygen atoms in total. The summed E-state index contributed by atoms with van der Waals surface area (Å²) in [6.45, 7) is 0.438. The molecule has 1 amide bonds. The number of carbonyl (C=O) groups is 2. The van der Waals surface area contributed by atoms with Crippen molar-refractivity contribution in [2.75, 3.05) is 19.0 Å². The van der Waals surface area contributed by atoms with Gasteiger partial charge < -0.3 is 15.2 Å². The number of hydrogen-bond donors (Lipinski definition) is 2. The largest absolute Gasteiger partial charge is 0.481 e. The summed E-state index contributed by atoms with van der Waals surface area (Å²) < 4.78 is 5.10. The van der Waals surface area contributed by atoms with Gasteiger partial charge in [-0.3, -0.25) is 9.59 Å². The van der Waals surface area contributed by atoms with E-state index in [-0.39, 0.29) is 19.1 Å². The van der Waals surface area contributed by atoms with E-state index in [1.54, 1.807) is 11.8 Å². The molecule has 0 spiro atoms. The molecular weight excluding hydrogens is 278 g/mol. The topological polar surface area (TPSA) is 75.6 Å². The molecule has 0 bridgehead atoms. The van der Waals surface area contributed by atoms with E-state index in [9.17, 15) is 9.59 Å². The molecule has 1 aliphatic heterocycles. The number of rotatable bonds is 6. The Hall–Kier alpha value is -1.53. The first-order chi connectivity index (χ1) is 9.66. The van der Waals surface area contributed by atoms with E-state index in [1.165, 1.54) is 0 Å². The van der Waals surface area contributed by atoms with Crippen LogP contribution in [0.3, 0.4) is 0 Å². The van der Waals surface area contributed by atoms with Crippen molar-refractivity contribution < 1.29 is 19.4 Å². The fourth-order valence-electron chi connectivity index (χ4n) is 2.00. The van der Waals surface area contributed by atoms with Crippen LogP contribution in [0, 0.1) is 5.92 Å². The predicted molar refractivity (Wildman–Crippen MR) is 75.7 cm³/mol. The van der Waals surface area contributed by atoms with Crippen molar-refractivity contribution in [1.29, 1.82) is 0 Å². The lowest BCUT2D eigenvalue weighted by molar-refractivity contribution is -0.142. The highest BCUT2D eigenvalue weighted by molar-refractivity contribution is 7.99. The van der Waals surface area contributed by atoms with Gasteiger partial charge in [0.2, 0.25) is 5.91 Å². The van der Waals surface area contributed by atoms with Gasteiger partial charge in [0, 0.05) is 17.1 Å². The maximum Gasteiger partial charge on any atom is 0.311 e. The second kappa shape index (κ2) is 7.31. The van der Waals surface area contributed by atoms with Crippen LogP contribution >= 0.6 is 11.8 Å². The van der Waals surface area contributed by atoms with E-state index < -0.39 is 17.9 Å². The van der Waals surface area contributed by atoms with E-state index in [0.29, 0.717) is 12.2 Å². The monoisotopic (exact) mass is 295 g/mol. The molecule has 1 aliphatic rings. The van der Waals surface area contributed by atoms with E-state index >= 15 is 0 Å². The first-order valence-electron chi connectivity index (χ1n) is 6.44. The second-order valence-electron chi connectivity index (χ2n) is 4.57. The summed E-state index contributed by atoms with van der Waals surface area (Å²) in [5.74, 6) is -1.02. The highest BCUT2D eigenvalue weighted by Gasteiger charge is 2.34. The lowest BCUT2D eigenvalue weighted by Gasteiger charge is -2.15. The van der Waals surface area contributed by atoms with E-state index in [4.69, 9.17) is 9.84 Å². The number of amides is 1. The number of carboxylic acids is 1. The predicted octanol–water partition coefficient (Wildman–Crippen LogP) is 1.38. The van der Waals surface area contributed by atoms with Gasteiger partial charge in [-0.15, -0.1) is 11.8 Å². The Balaban J connectivity index is 1.71. The van der Waals surface area contributed by atoms with Gasteiger partial charge in [-0.1, -0.05) is 18.2 Å². The summed E-state index contributed by atoms with van der Waals surface area (Å²) in [5.41, 5.74) is 0. The number of carbonyl (C=O) groups excluding carboxylic acids is 1. The summed E-state index contributed by atoms with van der Waals surface area (Å²) in [6.07, 6.45) is 0.363. The molecule has 2 unspecified atom stereocenters. The van der Waals surface area contributed by atoms with Gasteiger partial charge in [0.25, 0.3) is 0 Å². The van der Waals surface area contributed by atoms with Crippen molar-refractivity contribution in [2.24, 2.45) is 5.92 Å². The molecular formula is C14H17NO4S. The summed E-state index contributed by atoms with van der Waals surface area (Å²) >= 11 is 1.61. The van der Waals surface area contributed by atoms with Crippen LogP contribution in [0.2, 0.25) is 0 Å². The third-order valence-electron chi connectivity index (χ3n) is 3.09. The van der Waals surface area contributed by atoms with Crippen molar-refractivity contribution >= 4 is 23.6 Å². The number of nitrogens with one attached hydrogen (secondary N) is 1. The van der Waals surface area contributed by atoms with Gasteiger partial charge in [-0.05, 0) is 12.1 Å². The van der Waals surface area contributed by atoms with Crippen LogP contribution in [0.5, 0.6) is 0 Å². The minimum Gasteiger partial charge on any atom is -0.481 e. The molecule has 2 N–H and O–H groups in total. The molecule has 108 valence electrons. The number of thioether (sulfide) groups is 1. The molecule has 20 heavy (non-hydrogen) atoms. The molecule has 1 saturated heterocycles. The number of hydrogen-bond acceptors (Lipinski definition) is 4. The minimum absolute atomic E-state index is 0.129. The molecule has 0 radical (unpaired) electrons. The maximum atomic E-state index is 11.8. The molecule has 0 aromatic heterocycles. The average molecular weight is 295 g/mol. The second-order valence-corrected chi connectivity index (χ2v) is 5.74. The molecule has 0 saturated carbocycles. The van der Waals surface area contributed by atoms with Crippen LogP contribution in [-0.4, -0.2) is 42.0 Å². The zero-order chi connectivity index (χ0) is 14.4. The van der Waals surface area contributed by atoms with E-state index in [1.807, 2.05) is 30.3 Å². The van der Waals surface area contributed by atoms with Gasteiger partial charge in [0.1, 0.15) is 5.92 Å². The standard InChI is InChI=1S/C14H17NO4S/c16-13(6-7-20-10-4-2-1-3-5-10)15-12-9-19-8-11(12)14(17)18/h1-5,11-12H,6-9H2,(H,15,16)(H,17,18). The fourth-order valence-corrected chi connectivity index (χ4v) is 2.87. The lowest BCUT2D eigenvalue weighted by atomic mass is 10.0. The van der Waals surface area contributed by atoms with Crippen LogP contribution in [0.4, 0.5) is 0 Å². The summed E-state index contributed by atoms with van der Waals surface area (Å²) in [5, 5.41) is 11.7. The highest BCUT2D eigenvalue weighted by Crippen LogP contribution is 2.18. The van der Waals surface area contributed by atoms with Gasteiger partial charge in [0.15, 0.2) is 0 Å². The molecule has 0 aliphatic carbocycles. The van der Waals surface area contributed by atoms with Gasteiger partial charge in [-0.25, -0.2) is 0 Å². The Kier molecular flexibility index (Phi) is 5.43. The first-order valence-corrected chi connectivity index (χ1v) is 7.43. The van der Waals surface area contributed by atoms with Crippen LogP contribution in [0.15, 0.2) is 35.2 Å². The van der Waals surface area contributed by atoms with Crippen molar-refractivity contribution in [2.45, 2.75) is 17.4 Å². The number of carboxylic acid groups (broad SMARTS) is 1. The lowest BCUT2D eigenvalue weighted by Crippen LogP contribution is -2.42. The Morgan fingerprint density at radius 3 is 2.75 bits per heavy atom. The van der Waals surface area contributed by atoms with Crippen LogP contribution in [0.25, 0.3) is 0 Å². The molecule has 1 aromatic rings. The Labute approximate surface area is 121 Å². The fraction of sp³-hybridized carbons (Fsp3) is 0.429. The van der Waals surface area contributed by atoms with Crippen molar-refractivity contribution in [3.05, 3.63) is 30.3 Å². The van der Waals surface area contributed by atoms with Crippen LogP contribution in [-0.2, 0) is 14.3 Å². The summed E-state index contributed by atoms with van der Waals surface area (Å²) in [7, 11) is 0. The quantitative estimate of drug-likeness (QED) is 0.776. The third-order valence-corrected chi connectivity index (χ3v) is 4.10. The Morgan fingerprint density at radius 2 is 2.05 bits per heavy atom. The first kappa shape index (κ1) is 14.9. The molecule has 1 aromatic carbocycles. The van der Waals surface area contributed by atoms with E-state index in [2.05, 4.69) is 5.32 Å². The Morgan fingerprint density at radius 1 is 1.30 bits per heavy atom. The normalized spacial score (nSPS) is 21.6. The van der Waals surface area contributed by atoms with Gasteiger partial charge in [-0.2, -0.15) is 0 Å². The molecule has 1 heterocycles. The Bertz CT molecular complexity index is 466. The average Bonchev–Trinajstić information content (AvgIpc) is 2.88. The van der Waals surface area contributed by atoms with Gasteiger partial charge >= 0.3 is 5.97 Å². The molecule has 6 heteroatoms. The van der Waals surface area contributed by atoms with Crippen LogP contribution in [0.1, 0.15) is 6.42 Å². The van der Waals surface area contributed by atoms with Crippen molar-refractivity contribution in [3.8, 4) is 0 Å². The maximum absolute atomic E-state index is 11.8. The summed E-state index contributed by atoms with van der Waals surface area (Å²) in [6, 6.07) is 9.43. The SMILES string of the molecule is O=C(CCSc1ccccc1)NC1COCC1C(=O)O. The zero-order valence-corrected chi connectivity index (χ0v) is 11.8. The molecule has 2 rings (SSSR count). The highest BCUT2D eigenvalue weighted by atomic mass is 32.2. The summed E-state index contributed by atoms with van der Waals surface area (Å²) in [4.78, 5) is 23.9. The van der Waals surface area contributed by atoms with Crippen molar-refractivity contribution in [1.82, 2.24) is 5.32 Å². The van der Waals surface area contributed by atoms with Crippen LogP contribution < -0.4 is 5.32 Å². The third kappa shape index (κ3) is 4.25. The zero-order valence-electron chi connectivity index (χ0n) is 11.0. The smallest absolute Gasteiger partial charge is 0.311 e. The number of benzene rings is 1. The molecule has 1 fully saturated rings. The van der Waals surface area contributed by atoms with Crippen molar-refractivity contribution in [3.63, 3.8) is 0 Å². The van der Waals surface area contributed by atoms with E-state index in [0.717, 1.165) is 4.90 Å². The molecule has 2 atom stereocenters. The number of aliphatic carboxylic acids is 1. The number of ether oxygens (including phenoxy) is 1. The van der Waals surface area contributed by atoms with Gasteiger partial charge in [0.05, 0.1) is 19.3 Å².